The van der Waals surface area contributed by atoms with Crippen LogP contribution in [0.2, 0.25) is 0 Å². The van der Waals surface area contributed by atoms with Gasteiger partial charge in [-0.2, -0.15) is 5.10 Å². The summed E-state index contributed by atoms with van der Waals surface area (Å²) in [6, 6.07) is 15.0. The van der Waals surface area contributed by atoms with Gasteiger partial charge in [-0.1, -0.05) is 37.3 Å². The Hall–Kier alpha value is -3.41. The summed E-state index contributed by atoms with van der Waals surface area (Å²) in [5, 5.41) is 4.62. The Morgan fingerprint density at radius 1 is 1.06 bits per heavy atom. The van der Waals surface area contributed by atoms with E-state index in [0.717, 1.165) is 40.4 Å². The van der Waals surface area contributed by atoms with Crippen LogP contribution in [-0.2, 0) is 22.4 Å². The summed E-state index contributed by atoms with van der Waals surface area (Å²) in [5.41, 5.74) is 5.44. The first-order valence-corrected chi connectivity index (χ1v) is 10.4. The summed E-state index contributed by atoms with van der Waals surface area (Å²) >= 11 is 0. The van der Waals surface area contributed by atoms with Crippen molar-refractivity contribution in [1.82, 2.24) is 9.78 Å². The molecule has 0 atom stereocenters. The van der Waals surface area contributed by atoms with Crippen LogP contribution in [-0.4, -0.2) is 35.2 Å². The lowest BCUT2D eigenvalue weighted by molar-refractivity contribution is -0.142. The first-order valence-electron chi connectivity index (χ1n) is 10.4. The van der Waals surface area contributed by atoms with Crippen LogP contribution in [0.25, 0.3) is 5.69 Å². The number of esters is 1. The third kappa shape index (κ3) is 5.40. The molecule has 1 heterocycles. The van der Waals surface area contributed by atoms with Crippen molar-refractivity contribution < 1.29 is 19.1 Å². The number of aryl methyl sites for hydroxylation is 2. The third-order valence-corrected chi connectivity index (χ3v) is 5.37. The van der Waals surface area contributed by atoms with Crippen LogP contribution < -0.4 is 4.74 Å². The van der Waals surface area contributed by atoms with Gasteiger partial charge in [-0.25, -0.2) is 4.68 Å². The zero-order valence-corrected chi connectivity index (χ0v) is 18.5. The number of ether oxygens (including phenoxy) is 2. The van der Waals surface area contributed by atoms with Crippen LogP contribution in [0.4, 0.5) is 0 Å². The second-order valence-electron chi connectivity index (χ2n) is 7.40. The predicted octanol–water partition coefficient (Wildman–Crippen LogP) is 4.42. The molecule has 6 heteroatoms. The number of hydrogen-bond acceptors (Lipinski definition) is 5. The number of carbonyl (C=O) groups is 2. The van der Waals surface area contributed by atoms with Gasteiger partial charge in [-0.05, 0) is 49.9 Å². The maximum absolute atomic E-state index is 12.2. The fourth-order valence-corrected chi connectivity index (χ4v) is 3.49. The molecular formula is C25H28N2O4. The maximum atomic E-state index is 12.2. The van der Waals surface area contributed by atoms with Gasteiger partial charge in [0.2, 0.25) is 0 Å². The van der Waals surface area contributed by atoms with Gasteiger partial charge in [0.25, 0.3) is 0 Å². The SMILES string of the molecule is CCc1ccc(C(=O)COC(=O)CCc2c(C)nn(-c3cccc(OC)c3)c2C)cc1. The minimum atomic E-state index is -0.397. The normalized spacial score (nSPS) is 10.7. The van der Waals surface area contributed by atoms with Crippen LogP contribution in [0, 0.1) is 13.8 Å². The van der Waals surface area contributed by atoms with E-state index >= 15 is 0 Å². The van der Waals surface area contributed by atoms with E-state index in [1.807, 2.05) is 54.9 Å². The summed E-state index contributed by atoms with van der Waals surface area (Å²) in [6.45, 7) is 5.71. The van der Waals surface area contributed by atoms with Crippen molar-refractivity contribution in [3.05, 3.63) is 76.6 Å². The Labute approximate surface area is 182 Å². The highest BCUT2D eigenvalue weighted by Crippen LogP contribution is 2.22. The average molecular weight is 421 g/mol. The zero-order chi connectivity index (χ0) is 22.4. The molecule has 0 saturated heterocycles. The van der Waals surface area contributed by atoms with Gasteiger partial charge in [0.15, 0.2) is 12.4 Å². The van der Waals surface area contributed by atoms with Gasteiger partial charge in [-0.15, -0.1) is 0 Å². The highest BCUT2D eigenvalue weighted by Gasteiger charge is 2.16. The molecule has 31 heavy (non-hydrogen) atoms. The second-order valence-corrected chi connectivity index (χ2v) is 7.40. The molecule has 0 fully saturated rings. The topological polar surface area (TPSA) is 70.4 Å². The molecule has 3 aromatic rings. The number of benzene rings is 2. The van der Waals surface area contributed by atoms with Crippen LogP contribution >= 0.6 is 0 Å². The fourth-order valence-electron chi connectivity index (χ4n) is 3.49. The number of rotatable bonds is 9. The molecule has 0 N–H and O–H groups in total. The highest BCUT2D eigenvalue weighted by molar-refractivity contribution is 5.97. The summed E-state index contributed by atoms with van der Waals surface area (Å²) in [6.07, 6.45) is 1.60. The van der Waals surface area contributed by atoms with E-state index in [2.05, 4.69) is 12.0 Å². The molecule has 6 nitrogen and oxygen atoms in total. The van der Waals surface area contributed by atoms with E-state index in [-0.39, 0.29) is 18.8 Å². The molecular weight excluding hydrogens is 392 g/mol. The van der Waals surface area contributed by atoms with E-state index in [1.165, 1.54) is 0 Å². The van der Waals surface area contributed by atoms with Gasteiger partial charge in [0, 0.05) is 23.7 Å². The van der Waals surface area contributed by atoms with Crippen molar-refractivity contribution in [3.63, 3.8) is 0 Å². The summed E-state index contributed by atoms with van der Waals surface area (Å²) in [5.74, 6) is 0.157. The average Bonchev–Trinajstić information content (AvgIpc) is 3.09. The molecule has 0 spiro atoms. The smallest absolute Gasteiger partial charge is 0.306 e. The molecule has 162 valence electrons. The minimum Gasteiger partial charge on any atom is -0.497 e. The Balaban J connectivity index is 1.58. The quantitative estimate of drug-likeness (QED) is 0.379. The number of methoxy groups -OCH3 is 1. The molecule has 0 aliphatic rings. The van der Waals surface area contributed by atoms with Crippen molar-refractivity contribution in [3.8, 4) is 11.4 Å². The van der Waals surface area contributed by atoms with Gasteiger partial charge in [0.05, 0.1) is 18.5 Å². The van der Waals surface area contributed by atoms with Crippen molar-refractivity contribution in [2.45, 2.75) is 40.0 Å². The number of nitrogens with zero attached hydrogens (tertiary/aromatic N) is 2. The molecule has 0 bridgehead atoms. The van der Waals surface area contributed by atoms with Crippen LogP contribution in [0.1, 0.15) is 46.2 Å². The second kappa shape index (κ2) is 10.1. The number of Topliss-reactive ketones (excluding diaryl/α,β-unsaturated/α-hetero) is 1. The van der Waals surface area contributed by atoms with Crippen LogP contribution in [0.3, 0.4) is 0 Å². The number of carbonyl (C=O) groups excluding carboxylic acids is 2. The largest absolute Gasteiger partial charge is 0.497 e. The summed E-state index contributed by atoms with van der Waals surface area (Å²) < 4.78 is 12.3. The number of aromatic nitrogens is 2. The lowest BCUT2D eigenvalue weighted by atomic mass is 10.1. The van der Waals surface area contributed by atoms with E-state index in [0.29, 0.717) is 12.0 Å². The number of ketones is 1. The minimum absolute atomic E-state index is 0.188. The molecule has 2 aromatic carbocycles. The predicted molar refractivity (Wildman–Crippen MR) is 119 cm³/mol. The molecule has 0 radical (unpaired) electrons. The fraction of sp³-hybridized carbons (Fsp3) is 0.320. The maximum Gasteiger partial charge on any atom is 0.306 e. The van der Waals surface area contributed by atoms with Gasteiger partial charge < -0.3 is 9.47 Å². The van der Waals surface area contributed by atoms with Gasteiger partial charge in [0.1, 0.15) is 5.75 Å². The standard InChI is InChI=1S/C25H28N2O4/c1-5-19-9-11-20(12-10-19)24(28)16-31-25(29)14-13-23-17(2)26-27(18(23)3)21-7-6-8-22(15-21)30-4/h6-12,15H,5,13-14,16H2,1-4H3. The molecule has 0 saturated carbocycles. The van der Waals surface area contributed by atoms with E-state index < -0.39 is 5.97 Å². The molecule has 0 amide bonds. The Morgan fingerprint density at radius 2 is 1.81 bits per heavy atom. The Morgan fingerprint density at radius 3 is 2.48 bits per heavy atom. The van der Waals surface area contributed by atoms with Crippen LogP contribution in [0.15, 0.2) is 48.5 Å². The monoisotopic (exact) mass is 420 g/mol. The van der Waals surface area contributed by atoms with Crippen LogP contribution in [0.5, 0.6) is 5.75 Å². The van der Waals surface area contributed by atoms with E-state index in [9.17, 15) is 9.59 Å². The zero-order valence-electron chi connectivity index (χ0n) is 18.5. The third-order valence-electron chi connectivity index (χ3n) is 5.37. The summed E-state index contributed by atoms with van der Waals surface area (Å²) in [7, 11) is 1.63. The molecule has 1 aromatic heterocycles. The van der Waals surface area contributed by atoms with E-state index in [4.69, 9.17) is 9.47 Å². The molecule has 3 rings (SSSR count). The van der Waals surface area contributed by atoms with Crippen molar-refractivity contribution in [1.29, 1.82) is 0 Å². The Bertz CT molecular complexity index is 1070. The molecule has 0 unspecified atom stereocenters. The lowest BCUT2D eigenvalue weighted by Crippen LogP contribution is -2.14. The van der Waals surface area contributed by atoms with Gasteiger partial charge in [-0.3, -0.25) is 9.59 Å². The lowest BCUT2D eigenvalue weighted by Gasteiger charge is -2.08. The Kier molecular flexibility index (Phi) is 7.23. The van der Waals surface area contributed by atoms with Gasteiger partial charge >= 0.3 is 5.97 Å². The summed E-state index contributed by atoms with van der Waals surface area (Å²) in [4.78, 5) is 24.5. The highest BCUT2D eigenvalue weighted by atomic mass is 16.5. The molecule has 0 aliphatic carbocycles. The van der Waals surface area contributed by atoms with Crippen molar-refractivity contribution >= 4 is 11.8 Å². The van der Waals surface area contributed by atoms with Crippen molar-refractivity contribution in [2.24, 2.45) is 0 Å². The number of hydrogen-bond donors (Lipinski definition) is 0. The first kappa shape index (κ1) is 22.3. The first-order chi connectivity index (χ1) is 14.9. The molecule has 0 aliphatic heterocycles. The van der Waals surface area contributed by atoms with Crippen molar-refractivity contribution in [2.75, 3.05) is 13.7 Å². The van der Waals surface area contributed by atoms with E-state index in [1.54, 1.807) is 19.2 Å².